The molecule has 1 fully saturated rings. The van der Waals surface area contributed by atoms with Gasteiger partial charge in [0.15, 0.2) is 6.29 Å². The number of aliphatic hydroxyl groups excluding tert-OH is 1. The van der Waals surface area contributed by atoms with Crippen LogP contribution >= 0.6 is 11.6 Å². The van der Waals surface area contributed by atoms with Gasteiger partial charge in [0.1, 0.15) is 5.82 Å². The molecule has 0 spiro atoms. The van der Waals surface area contributed by atoms with Crippen molar-refractivity contribution in [1.29, 1.82) is 0 Å². The second-order valence-corrected chi connectivity index (χ2v) is 10.9. The van der Waals surface area contributed by atoms with E-state index in [9.17, 15) is 23.0 Å². The summed E-state index contributed by atoms with van der Waals surface area (Å²) in [6.07, 6.45) is 10.6. The van der Waals surface area contributed by atoms with Crippen molar-refractivity contribution < 1.29 is 23.0 Å². The zero-order valence-corrected chi connectivity index (χ0v) is 18.6. The van der Waals surface area contributed by atoms with E-state index in [0.29, 0.717) is 30.7 Å². The summed E-state index contributed by atoms with van der Waals surface area (Å²) in [5.74, 6) is -0.415. The quantitative estimate of drug-likeness (QED) is 0.488. The molecule has 4 atom stereocenters. The summed E-state index contributed by atoms with van der Waals surface area (Å²) in [7, 11) is -3.69. The summed E-state index contributed by atoms with van der Waals surface area (Å²) in [6, 6.07) is 4.38. The molecule has 0 aromatic heterocycles. The molecule has 0 radical (unpaired) electrons. The van der Waals surface area contributed by atoms with Crippen molar-refractivity contribution in [3.63, 3.8) is 0 Å². The normalized spacial score (nSPS) is 28.7. The Labute approximate surface area is 187 Å². The van der Waals surface area contributed by atoms with Gasteiger partial charge in [0, 0.05) is 18.5 Å². The summed E-state index contributed by atoms with van der Waals surface area (Å²) in [5.41, 5.74) is 0.776. The van der Waals surface area contributed by atoms with Crippen LogP contribution in [-0.4, -0.2) is 41.8 Å². The number of nitrogens with zero attached hydrogens (tertiary/aromatic N) is 1. The SMILES string of the molecule is O=S(=O)(C1=CC=CC(c2ccc(F)c(Cl)c2)C1)N1CC(CCC(O)O)C2CC=CCC21. The molecule has 0 bridgehead atoms. The van der Waals surface area contributed by atoms with Gasteiger partial charge in [0.25, 0.3) is 0 Å². The lowest BCUT2D eigenvalue weighted by Crippen LogP contribution is -2.39. The van der Waals surface area contributed by atoms with Crippen LogP contribution in [0.5, 0.6) is 0 Å². The summed E-state index contributed by atoms with van der Waals surface area (Å²) >= 11 is 5.93. The molecular weight excluding hydrogens is 441 g/mol. The summed E-state index contributed by atoms with van der Waals surface area (Å²) in [6.45, 7) is 0.389. The molecule has 1 aromatic rings. The van der Waals surface area contributed by atoms with Crippen LogP contribution in [0.4, 0.5) is 4.39 Å². The number of hydrogen-bond donors (Lipinski definition) is 2. The second-order valence-electron chi connectivity index (χ2n) is 8.57. The minimum Gasteiger partial charge on any atom is -0.368 e. The van der Waals surface area contributed by atoms with Gasteiger partial charge in [-0.3, -0.25) is 0 Å². The van der Waals surface area contributed by atoms with Gasteiger partial charge in [-0.2, -0.15) is 4.31 Å². The average molecular weight is 468 g/mol. The monoisotopic (exact) mass is 467 g/mol. The van der Waals surface area contributed by atoms with Crippen LogP contribution in [-0.2, 0) is 10.0 Å². The molecule has 2 N–H and O–H groups in total. The summed E-state index contributed by atoms with van der Waals surface area (Å²) in [5, 5.41) is 18.6. The highest BCUT2D eigenvalue weighted by Gasteiger charge is 2.47. The Morgan fingerprint density at radius 2 is 2.00 bits per heavy atom. The van der Waals surface area contributed by atoms with Gasteiger partial charge in [-0.15, -0.1) is 0 Å². The van der Waals surface area contributed by atoms with Gasteiger partial charge in [-0.25, -0.2) is 12.8 Å². The third kappa shape index (κ3) is 4.66. The Kier molecular flexibility index (Phi) is 6.70. The Morgan fingerprint density at radius 3 is 2.74 bits per heavy atom. The highest BCUT2D eigenvalue weighted by Crippen LogP contribution is 2.44. The standard InChI is InChI=1S/C23H27ClFNO4S/c24-20-13-16(8-10-21(20)25)15-4-3-5-18(12-15)31(29,30)26-14-17(9-11-23(27)28)19-6-1-2-7-22(19)26/h1-5,8,10,13,15,17,19,22-23,27-28H,6-7,9,11-12,14H2. The molecule has 1 heterocycles. The molecular formula is C23H27ClFNO4S. The molecule has 0 amide bonds. The lowest BCUT2D eigenvalue weighted by molar-refractivity contribution is -0.0495. The molecule has 5 nitrogen and oxygen atoms in total. The van der Waals surface area contributed by atoms with E-state index >= 15 is 0 Å². The molecule has 1 aromatic carbocycles. The zero-order valence-electron chi connectivity index (χ0n) is 17.1. The number of fused-ring (bicyclic) bond motifs is 1. The van der Waals surface area contributed by atoms with E-state index in [4.69, 9.17) is 11.6 Å². The van der Waals surface area contributed by atoms with E-state index < -0.39 is 22.1 Å². The number of rotatable bonds is 6. The van der Waals surface area contributed by atoms with Crippen LogP contribution in [0.15, 0.2) is 53.5 Å². The van der Waals surface area contributed by atoms with Gasteiger partial charge < -0.3 is 10.2 Å². The maximum absolute atomic E-state index is 13.6. The van der Waals surface area contributed by atoms with Crippen molar-refractivity contribution in [3.05, 3.63) is 69.9 Å². The molecule has 4 rings (SSSR count). The van der Waals surface area contributed by atoms with Crippen LogP contribution in [0.3, 0.4) is 0 Å². The first-order valence-corrected chi connectivity index (χ1v) is 12.4. The minimum absolute atomic E-state index is 0.0233. The van der Waals surface area contributed by atoms with Crippen LogP contribution in [0, 0.1) is 17.7 Å². The zero-order chi connectivity index (χ0) is 22.2. The van der Waals surface area contributed by atoms with E-state index in [1.807, 2.05) is 12.2 Å². The van der Waals surface area contributed by atoms with Gasteiger partial charge in [-0.1, -0.05) is 42.0 Å². The minimum atomic E-state index is -3.69. The van der Waals surface area contributed by atoms with Gasteiger partial charge in [0.05, 0.1) is 9.93 Å². The smallest absolute Gasteiger partial charge is 0.239 e. The van der Waals surface area contributed by atoms with Crippen molar-refractivity contribution in [2.24, 2.45) is 11.8 Å². The van der Waals surface area contributed by atoms with E-state index in [2.05, 4.69) is 6.08 Å². The molecule has 0 saturated carbocycles. The first-order valence-electron chi connectivity index (χ1n) is 10.6. The van der Waals surface area contributed by atoms with Gasteiger partial charge in [0.2, 0.25) is 10.0 Å². The Morgan fingerprint density at radius 1 is 1.23 bits per heavy atom. The number of sulfonamides is 1. The molecule has 3 aliphatic rings. The lowest BCUT2D eigenvalue weighted by Gasteiger charge is -2.31. The fourth-order valence-electron chi connectivity index (χ4n) is 5.07. The maximum Gasteiger partial charge on any atom is 0.239 e. The third-order valence-corrected chi connectivity index (χ3v) is 8.98. The first kappa shape index (κ1) is 22.7. The number of hydrogen-bond acceptors (Lipinski definition) is 4. The van der Waals surface area contributed by atoms with Crippen LogP contribution in [0.1, 0.15) is 43.6 Å². The van der Waals surface area contributed by atoms with Crippen LogP contribution in [0.2, 0.25) is 5.02 Å². The molecule has 4 unspecified atom stereocenters. The number of halogens is 2. The number of aliphatic hydroxyl groups is 2. The highest BCUT2D eigenvalue weighted by atomic mass is 35.5. The van der Waals surface area contributed by atoms with Gasteiger partial charge in [-0.05, 0) is 67.7 Å². The fraction of sp³-hybridized carbons (Fsp3) is 0.478. The Bertz CT molecular complexity index is 1020. The number of allylic oxidation sites excluding steroid dienone is 5. The lowest BCUT2D eigenvalue weighted by atomic mass is 9.81. The van der Waals surface area contributed by atoms with E-state index in [1.54, 1.807) is 28.6 Å². The molecule has 1 aliphatic heterocycles. The Balaban J connectivity index is 1.55. The van der Waals surface area contributed by atoms with Crippen molar-refractivity contribution >= 4 is 21.6 Å². The second kappa shape index (κ2) is 9.16. The average Bonchev–Trinajstić information content (AvgIpc) is 3.14. The maximum atomic E-state index is 13.6. The highest BCUT2D eigenvalue weighted by molar-refractivity contribution is 7.93. The molecule has 8 heteroatoms. The van der Waals surface area contributed by atoms with Crippen molar-refractivity contribution in [1.82, 2.24) is 4.31 Å². The van der Waals surface area contributed by atoms with Gasteiger partial charge >= 0.3 is 0 Å². The number of benzene rings is 1. The van der Waals surface area contributed by atoms with Crippen molar-refractivity contribution in [3.8, 4) is 0 Å². The van der Waals surface area contributed by atoms with E-state index in [1.165, 1.54) is 6.07 Å². The third-order valence-electron chi connectivity index (χ3n) is 6.69. The molecule has 31 heavy (non-hydrogen) atoms. The predicted octanol–water partition coefficient (Wildman–Crippen LogP) is 4.09. The van der Waals surface area contributed by atoms with Crippen LogP contribution in [0.25, 0.3) is 0 Å². The fourth-order valence-corrected chi connectivity index (χ4v) is 7.19. The van der Waals surface area contributed by atoms with Crippen LogP contribution < -0.4 is 0 Å². The summed E-state index contributed by atoms with van der Waals surface area (Å²) in [4.78, 5) is 0.344. The molecule has 2 aliphatic carbocycles. The topological polar surface area (TPSA) is 77.8 Å². The van der Waals surface area contributed by atoms with E-state index in [-0.39, 0.29) is 35.2 Å². The predicted molar refractivity (Wildman–Crippen MR) is 118 cm³/mol. The van der Waals surface area contributed by atoms with E-state index in [0.717, 1.165) is 12.0 Å². The molecule has 1 saturated heterocycles. The first-order chi connectivity index (χ1) is 14.8. The Hall–Kier alpha value is -1.51. The van der Waals surface area contributed by atoms with Crippen molar-refractivity contribution in [2.45, 2.75) is 50.4 Å². The molecule has 168 valence electrons. The van der Waals surface area contributed by atoms with Crippen molar-refractivity contribution in [2.75, 3.05) is 6.54 Å². The largest absolute Gasteiger partial charge is 0.368 e. The summed E-state index contributed by atoms with van der Waals surface area (Å²) < 4.78 is 42.4.